The quantitative estimate of drug-likeness (QED) is 0.872. The molecule has 0 aliphatic rings. The van der Waals surface area contributed by atoms with Gasteiger partial charge in [-0.05, 0) is 23.8 Å². The van der Waals surface area contributed by atoms with Gasteiger partial charge in [0.05, 0.1) is 17.3 Å². The molecule has 6 nitrogen and oxygen atoms in total. The summed E-state index contributed by atoms with van der Waals surface area (Å²) >= 11 is 0. The number of rotatable bonds is 5. The predicted molar refractivity (Wildman–Crippen MR) is 79.0 cm³/mol. The van der Waals surface area contributed by atoms with Gasteiger partial charge in [-0.1, -0.05) is 12.1 Å². The molecule has 21 heavy (non-hydrogen) atoms. The largest absolute Gasteiger partial charge is 0.387 e. The van der Waals surface area contributed by atoms with Gasteiger partial charge in [0.25, 0.3) is 0 Å². The Hall–Kier alpha value is -2.43. The lowest BCUT2D eigenvalue weighted by atomic mass is 10.1. The highest BCUT2D eigenvalue weighted by Crippen LogP contribution is 2.18. The number of hydrogen-bond donors (Lipinski definition) is 2. The molecule has 0 fully saturated rings. The summed E-state index contributed by atoms with van der Waals surface area (Å²) in [5.74, 6) is 0. The van der Waals surface area contributed by atoms with Crippen molar-refractivity contribution >= 4 is 15.7 Å². The Bertz CT molecular complexity index is 782. The van der Waals surface area contributed by atoms with Gasteiger partial charge >= 0.3 is 0 Å². The molecule has 1 aromatic heterocycles. The highest BCUT2D eigenvalue weighted by molar-refractivity contribution is 7.89. The molecule has 0 bridgehead atoms. The Morgan fingerprint density at radius 1 is 1.33 bits per heavy atom. The second kappa shape index (κ2) is 6.35. The van der Waals surface area contributed by atoms with Gasteiger partial charge < -0.3 is 5.32 Å². The van der Waals surface area contributed by atoms with Crippen molar-refractivity contribution in [2.45, 2.75) is 11.4 Å². The van der Waals surface area contributed by atoms with Crippen molar-refractivity contribution in [3.63, 3.8) is 0 Å². The van der Waals surface area contributed by atoms with E-state index in [-0.39, 0.29) is 11.4 Å². The second-order valence-corrected chi connectivity index (χ2v) is 5.99. The number of pyridine rings is 1. The van der Waals surface area contributed by atoms with E-state index in [1.807, 2.05) is 6.07 Å². The zero-order valence-corrected chi connectivity index (χ0v) is 12.2. The first-order chi connectivity index (χ1) is 10.1. The van der Waals surface area contributed by atoms with E-state index in [1.165, 1.54) is 12.4 Å². The average Bonchev–Trinajstić information content (AvgIpc) is 2.53. The van der Waals surface area contributed by atoms with E-state index in [9.17, 15) is 8.42 Å². The molecule has 108 valence electrons. The van der Waals surface area contributed by atoms with E-state index in [2.05, 4.69) is 15.0 Å². The van der Waals surface area contributed by atoms with Gasteiger partial charge in [-0.3, -0.25) is 4.98 Å². The number of hydrogen-bond acceptors (Lipinski definition) is 5. The summed E-state index contributed by atoms with van der Waals surface area (Å²) in [4.78, 5) is 3.93. The summed E-state index contributed by atoms with van der Waals surface area (Å²) in [5, 5.41) is 11.6. The summed E-state index contributed by atoms with van der Waals surface area (Å²) in [5.41, 5.74) is 1.68. The molecule has 0 unspecified atom stereocenters. The van der Waals surface area contributed by atoms with Crippen molar-refractivity contribution in [2.24, 2.45) is 0 Å². The molecule has 1 aromatic carbocycles. The Morgan fingerprint density at radius 2 is 2.14 bits per heavy atom. The molecule has 7 heteroatoms. The van der Waals surface area contributed by atoms with Gasteiger partial charge in [-0.2, -0.15) is 5.26 Å². The van der Waals surface area contributed by atoms with Crippen LogP contribution < -0.4 is 10.0 Å². The van der Waals surface area contributed by atoms with Gasteiger partial charge in [0.15, 0.2) is 0 Å². The lowest BCUT2D eigenvalue weighted by molar-refractivity contribution is 0.581. The predicted octanol–water partition coefficient (Wildman–Crippen LogP) is 1.47. The van der Waals surface area contributed by atoms with Crippen LogP contribution in [0.4, 0.5) is 5.69 Å². The highest BCUT2D eigenvalue weighted by Gasteiger charge is 2.17. The first-order valence-corrected chi connectivity index (χ1v) is 7.65. The number of nitrogens with zero attached hydrogens (tertiary/aromatic N) is 2. The third-order valence-corrected chi connectivity index (χ3v) is 4.29. The van der Waals surface area contributed by atoms with Crippen LogP contribution in [0.25, 0.3) is 0 Å². The molecule has 1 heterocycles. The minimum Gasteiger partial charge on any atom is -0.387 e. The number of anilines is 1. The van der Waals surface area contributed by atoms with Gasteiger partial charge in [0, 0.05) is 26.0 Å². The van der Waals surface area contributed by atoms with Crippen LogP contribution >= 0.6 is 0 Å². The summed E-state index contributed by atoms with van der Waals surface area (Å²) in [6, 6.07) is 10.4. The maximum atomic E-state index is 12.3. The maximum absolute atomic E-state index is 12.3. The van der Waals surface area contributed by atoms with Crippen molar-refractivity contribution in [3.8, 4) is 6.07 Å². The zero-order valence-electron chi connectivity index (χ0n) is 11.4. The van der Waals surface area contributed by atoms with Crippen molar-refractivity contribution in [1.82, 2.24) is 9.71 Å². The summed E-state index contributed by atoms with van der Waals surface area (Å²) in [6.07, 6.45) is 2.81. The molecule has 2 N–H and O–H groups in total. The van der Waals surface area contributed by atoms with Crippen LogP contribution in [-0.4, -0.2) is 20.4 Å². The summed E-state index contributed by atoms with van der Waals surface area (Å²) < 4.78 is 27.1. The first kappa shape index (κ1) is 15.0. The third-order valence-electron chi connectivity index (χ3n) is 2.87. The van der Waals surface area contributed by atoms with Crippen LogP contribution in [0, 0.1) is 11.3 Å². The molecule has 0 aliphatic carbocycles. The fourth-order valence-electron chi connectivity index (χ4n) is 1.81. The minimum atomic E-state index is -3.68. The van der Waals surface area contributed by atoms with Crippen LogP contribution in [0.1, 0.15) is 11.1 Å². The normalized spacial score (nSPS) is 10.9. The molecule has 0 spiro atoms. The molecule has 0 atom stereocenters. The molecular weight excluding hydrogens is 288 g/mol. The van der Waals surface area contributed by atoms with E-state index in [0.29, 0.717) is 16.8 Å². The van der Waals surface area contributed by atoms with Crippen LogP contribution in [0.5, 0.6) is 0 Å². The maximum Gasteiger partial charge on any atom is 0.244 e. The van der Waals surface area contributed by atoms with Gasteiger partial charge in [-0.25, -0.2) is 13.1 Å². The molecule has 0 aliphatic heterocycles. The van der Waals surface area contributed by atoms with Crippen LogP contribution in [0.15, 0.2) is 47.6 Å². The van der Waals surface area contributed by atoms with Gasteiger partial charge in [-0.15, -0.1) is 0 Å². The van der Waals surface area contributed by atoms with Gasteiger partial charge in [0.2, 0.25) is 10.0 Å². The van der Waals surface area contributed by atoms with Gasteiger partial charge in [0.1, 0.15) is 4.90 Å². The molecule has 0 saturated carbocycles. The van der Waals surface area contributed by atoms with E-state index >= 15 is 0 Å². The molecule has 0 saturated heterocycles. The smallest absolute Gasteiger partial charge is 0.244 e. The molecule has 0 radical (unpaired) electrons. The highest BCUT2D eigenvalue weighted by atomic mass is 32.2. The lowest BCUT2D eigenvalue weighted by Gasteiger charge is -2.10. The summed E-state index contributed by atoms with van der Waals surface area (Å²) in [6.45, 7) is 0.107. The van der Waals surface area contributed by atoms with E-state index in [1.54, 1.807) is 37.4 Å². The lowest BCUT2D eigenvalue weighted by Crippen LogP contribution is -2.24. The van der Waals surface area contributed by atoms with Crippen molar-refractivity contribution in [2.75, 3.05) is 12.4 Å². The molecular formula is C14H14N4O2S. The van der Waals surface area contributed by atoms with Crippen molar-refractivity contribution in [1.29, 1.82) is 5.26 Å². The fourth-order valence-corrected chi connectivity index (χ4v) is 2.98. The second-order valence-electron chi connectivity index (χ2n) is 4.26. The monoisotopic (exact) mass is 302 g/mol. The molecule has 0 amide bonds. The van der Waals surface area contributed by atoms with E-state index in [4.69, 9.17) is 5.26 Å². The topological polar surface area (TPSA) is 94.9 Å². The van der Waals surface area contributed by atoms with Crippen LogP contribution in [0.3, 0.4) is 0 Å². The number of nitrogens with one attached hydrogen (secondary N) is 2. The number of sulfonamides is 1. The SMILES string of the molecule is CNc1ccncc1S(=O)(=O)NCc1cccc(C#N)c1. The average molecular weight is 302 g/mol. The van der Waals surface area contributed by atoms with Crippen molar-refractivity contribution in [3.05, 3.63) is 53.9 Å². The summed E-state index contributed by atoms with van der Waals surface area (Å²) in [7, 11) is -2.04. The van der Waals surface area contributed by atoms with E-state index < -0.39 is 10.0 Å². The standard InChI is InChI=1S/C14H14N4O2S/c1-16-13-5-6-17-10-14(13)21(19,20)18-9-12-4-2-3-11(7-12)8-15/h2-7,10,18H,9H2,1H3,(H,16,17). The van der Waals surface area contributed by atoms with E-state index in [0.717, 1.165) is 0 Å². The Balaban J connectivity index is 2.20. The van der Waals surface area contributed by atoms with Crippen LogP contribution in [0.2, 0.25) is 0 Å². The number of aromatic nitrogens is 1. The molecule has 2 rings (SSSR count). The Morgan fingerprint density at radius 3 is 2.86 bits per heavy atom. The minimum absolute atomic E-state index is 0.0870. The van der Waals surface area contributed by atoms with Crippen molar-refractivity contribution < 1.29 is 8.42 Å². The first-order valence-electron chi connectivity index (χ1n) is 6.17. The molecule has 2 aromatic rings. The number of benzene rings is 1. The Kier molecular flexibility index (Phi) is 4.52. The Labute approximate surface area is 123 Å². The number of nitriles is 1. The fraction of sp³-hybridized carbons (Fsp3) is 0.143. The third kappa shape index (κ3) is 3.56. The van der Waals surface area contributed by atoms with Crippen LogP contribution in [-0.2, 0) is 16.6 Å². The zero-order chi connectivity index (χ0) is 15.3.